The topological polar surface area (TPSA) is 85.1 Å². The summed E-state index contributed by atoms with van der Waals surface area (Å²) in [5.74, 6) is -1.26. The second kappa shape index (κ2) is 5.40. The summed E-state index contributed by atoms with van der Waals surface area (Å²) in [6.45, 7) is 0. The van der Waals surface area contributed by atoms with Crippen molar-refractivity contribution in [3.63, 3.8) is 0 Å². The quantitative estimate of drug-likeness (QED) is 0.782. The first-order valence-corrected chi connectivity index (χ1v) is 6.20. The van der Waals surface area contributed by atoms with Gasteiger partial charge in [-0.15, -0.1) is 23.7 Å². The van der Waals surface area contributed by atoms with E-state index in [1.54, 1.807) is 29.9 Å². The van der Waals surface area contributed by atoms with Crippen LogP contribution in [0.2, 0.25) is 0 Å². The molecule has 0 bridgehead atoms. The van der Waals surface area contributed by atoms with Crippen molar-refractivity contribution in [2.24, 2.45) is 0 Å². The van der Waals surface area contributed by atoms with E-state index in [-0.39, 0.29) is 23.4 Å². The first kappa shape index (κ1) is 14.2. The third-order valence-electron chi connectivity index (χ3n) is 2.62. The minimum absolute atomic E-state index is 0. The summed E-state index contributed by atoms with van der Waals surface area (Å²) in [6, 6.07) is 3.16. The number of hydrogen-bond acceptors (Lipinski definition) is 5. The Kier molecular flexibility index (Phi) is 3.82. The maximum Gasteiger partial charge on any atom is 0.341 e. The van der Waals surface area contributed by atoms with Gasteiger partial charge in [-0.3, -0.25) is 9.36 Å². The fourth-order valence-electron chi connectivity index (χ4n) is 1.79. The Hall–Kier alpha value is -2.25. The number of fused-ring (bicyclic) bond motifs is 1. The Balaban J connectivity index is 0.00000147. The molecule has 3 aromatic rings. The second-order valence-electron chi connectivity index (χ2n) is 3.74. The average Bonchev–Trinajstić information content (AvgIpc) is 2.93. The van der Waals surface area contributed by atoms with Crippen LogP contribution in [-0.4, -0.2) is 25.6 Å². The number of carboxylic acid groups (broad SMARTS) is 1. The van der Waals surface area contributed by atoms with Crippen LogP contribution in [0.15, 0.2) is 40.9 Å². The van der Waals surface area contributed by atoms with E-state index in [2.05, 4.69) is 9.97 Å². The molecule has 0 aliphatic heterocycles. The average molecular weight is 310 g/mol. The number of thiazole rings is 1. The second-order valence-corrected chi connectivity index (χ2v) is 4.61. The highest BCUT2D eigenvalue weighted by atomic mass is 35.5. The van der Waals surface area contributed by atoms with Crippen LogP contribution in [0.1, 0.15) is 10.4 Å². The Bertz CT molecular complexity index is 830. The number of pyridine rings is 2. The monoisotopic (exact) mass is 309 g/mol. The molecule has 6 nitrogen and oxygen atoms in total. The molecular formula is C12H8ClN3O3S. The van der Waals surface area contributed by atoms with Crippen molar-refractivity contribution in [1.29, 1.82) is 0 Å². The van der Waals surface area contributed by atoms with Crippen LogP contribution in [0, 0.1) is 0 Å². The summed E-state index contributed by atoms with van der Waals surface area (Å²) < 4.78 is 1.52. The zero-order valence-corrected chi connectivity index (χ0v) is 11.5. The molecule has 0 aromatic carbocycles. The molecule has 0 saturated carbocycles. The smallest absolute Gasteiger partial charge is 0.341 e. The Morgan fingerprint density at radius 3 is 2.75 bits per heavy atom. The normalized spacial score (nSPS) is 10.2. The molecule has 3 aromatic heterocycles. The van der Waals surface area contributed by atoms with Gasteiger partial charge in [0.2, 0.25) is 5.43 Å². The van der Waals surface area contributed by atoms with E-state index < -0.39 is 11.4 Å². The van der Waals surface area contributed by atoms with Gasteiger partial charge in [-0.2, -0.15) is 0 Å². The summed E-state index contributed by atoms with van der Waals surface area (Å²) in [4.78, 5) is 31.4. The fourth-order valence-corrected chi connectivity index (χ4v) is 2.41. The largest absolute Gasteiger partial charge is 0.477 e. The minimum atomic E-state index is -1.26. The summed E-state index contributed by atoms with van der Waals surface area (Å²) in [7, 11) is 0. The highest BCUT2D eigenvalue weighted by Crippen LogP contribution is 2.17. The molecule has 8 heteroatoms. The van der Waals surface area contributed by atoms with Crippen molar-refractivity contribution in [2.75, 3.05) is 0 Å². The van der Waals surface area contributed by atoms with E-state index in [4.69, 9.17) is 5.11 Å². The molecule has 0 aliphatic carbocycles. The lowest BCUT2D eigenvalue weighted by atomic mass is 10.2. The molecular weight excluding hydrogens is 302 g/mol. The number of aromatic nitrogens is 3. The predicted octanol–water partition coefficient (Wildman–Crippen LogP) is 1.96. The zero-order valence-electron chi connectivity index (χ0n) is 9.89. The molecule has 20 heavy (non-hydrogen) atoms. The van der Waals surface area contributed by atoms with E-state index in [1.807, 2.05) is 0 Å². The lowest BCUT2D eigenvalue weighted by molar-refractivity contribution is 0.0695. The van der Waals surface area contributed by atoms with E-state index in [0.29, 0.717) is 10.8 Å². The van der Waals surface area contributed by atoms with Gasteiger partial charge >= 0.3 is 5.97 Å². The molecule has 3 heterocycles. The molecule has 3 rings (SSSR count). The van der Waals surface area contributed by atoms with Crippen LogP contribution in [0.25, 0.3) is 16.2 Å². The molecule has 1 N–H and O–H groups in total. The summed E-state index contributed by atoms with van der Waals surface area (Å²) in [5, 5.41) is 11.7. The number of hydrogen-bond donors (Lipinski definition) is 1. The fraction of sp³-hybridized carbons (Fsp3) is 0. The maximum atomic E-state index is 12.0. The van der Waals surface area contributed by atoms with Crippen LogP contribution >= 0.6 is 23.7 Å². The van der Waals surface area contributed by atoms with Gasteiger partial charge in [0.1, 0.15) is 11.2 Å². The van der Waals surface area contributed by atoms with Crippen molar-refractivity contribution < 1.29 is 9.90 Å². The van der Waals surface area contributed by atoms with Crippen LogP contribution in [-0.2, 0) is 0 Å². The third kappa shape index (κ3) is 2.17. The van der Waals surface area contributed by atoms with Gasteiger partial charge in [-0.25, -0.2) is 14.8 Å². The molecule has 0 aliphatic rings. The Morgan fingerprint density at radius 2 is 2.10 bits per heavy atom. The number of aromatic carboxylic acids is 1. The first-order chi connectivity index (χ1) is 9.18. The first-order valence-electron chi connectivity index (χ1n) is 5.32. The van der Waals surface area contributed by atoms with E-state index in [1.165, 1.54) is 22.1 Å². The van der Waals surface area contributed by atoms with Crippen LogP contribution in [0.4, 0.5) is 0 Å². The van der Waals surface area contributed by atoms with E-state index in [0.717, 1.165) is 0 Å². The molecule has 0 atom stereocenters. The van der Waals surface area contributed by atoms with Crippen LogP contribution < -0.4 is 5.43 Å². The van der Waals surface area contributed by atoms with Gasteiger partial charge < -0.3 is 5.11 Å². The number of carbonyl (C=O) groups is 1. The summed E-state index contributed by atoms with van der Waals surface area (Å²) >= 11 is 1.33. The Morgan fingerprint density at radius 1 is 1.30 bits per heavy atom. The van der Waals surface area contributed by atoms with Crippen molar-refractivity contribution in [2.45, 2.75) is 0 Å². The zero-order chi connectivity index (χ0) is 13.4. The Labute approximate surface area is 122 Å². The molecule has 102 valence electrons. The van der Waals surface area contributed by atoms with Gasteiger partial charge in [0.05, 0.1) is 5.39 Å². The van der Waals surface area contributed by atoms with Gasteiger partial charge in [0.15, 0.2) is 5.13 Å². The van der Waals surface area contributed by atoms with Gasteiger partial charge in [0.25, 0.3) is 0 Å². The van der Waals surface area contributed by atoms with Crippen molar-refractivity contribution in [3.8, 4) is 5.13 Å². The summed E-state index contributed by atoms with van der Waals surface area (Å²) in [5.41, 5.74) is -0.438. The van der Waals surface area contributed by atoms with Crippen molar-refractivity contribution >= 4 is 40.7 Å². The highest BCUT2D eigenvalue weighted by molar-refractivity contribution is 7.12. The summed E-state index contributed by atoms with van der Waals surface area (Å²) in [6.07, 6.45) is 4.42. The van der Waals surface area contributed by atoms with E-state index >= 15 is 0 Å². The molecule has 0 unspecified atom stereocenters. The number of carboxylic acids is 1. The van der Waals surface area contributed by atoms with Gasteiger partial charge in [-0.1, -0.05) is 0 Å². The molecule has 0 saturated heterocycles. The molecule has 0 amide bonds. The predicted molar refractivity (Wildman–Crippen MR) is 77.2 cm³/mol. The minimum Gasteiger partial charge on any atom is -0.477 e. The lowest BCUT2D eigenvalue weighted by Gasteiger charge is -2.07. The SMILES string of the molecule is Cl.O=C(O)c1cn(-c2nccs2)c2ncccc2c1=O. The molecule has 0 fully saturated rings. The highest BCUT2D eigenvalue weighted by Gasteiger charge is 2.16. The van der Waals surface area contributed by atoms with Crippen molar-refractivity contribution in [3.05, 3.63) is 51.9 Å². The van der Waals surface area contributed by atoms with Gasteiger partial charge in [-0.05, 0) is 12.1 Å². The number of halogens is 1. The van der Waals surface area contributed by atoms with Gasteiger partial charge in [0, 0.05) is 24.0 Å². The third-order valence-corrected chi connectivity index (χ3v) is 3.39. The maximum absolute atomic E-state index is 12.0. The standard InChI is InChI=1S/C12H7N3O3S.ClH/c16-9-7-2-1-3-13-10(7)15(6-8(9)11(17)18)12-14-4-5-19-12;/h1-6H,(H,17,18);1H. The molecule has 0 radical (unpaired) electrons. The lowest BCUT2D eigenvalue weighted by Crippen LogP contribution is -2.18. The van der Waals surface area contributed by atoms with E-state index in [9.17, 15) is 9.59 Å². The number of nitrogens with zero attached hydrogens (tertiary/aromatic N) is 3. The van der Waals surface area contributed by atoms with Crippen LogP contribution in [0.5, 0.6) is 0 Å². The molecule has 0 spiro atoms. The van der Waals surface area contributed by atoms with Crippen molar-refractivity contribution in [1.82, 2.24) is 14.5 Å². The van der Waals surface area contributed by atoms with Crippen LogP contribution in [0.3, 0.4) is 0 Å². The number of rotatable bonds is 2.